The van der Waals surface area contributed by atoms with Gasteiger partial charge in [-0.2, -0.15) is 0 Å². The molecule has 0 fully saturated rings. The van der Waals surface area contributed by atoms with Crippen LogP contribution in [-0.4, -0.2) is 37.2 Å². The summed E-state index contributed by atoms with van der Waals surface area (Å²) < 4.78 is 16.5. The van der Waals surface area contributed by atoms with Gasteiger partial charge in [-0.05, 0) is 89.9 Å². The van der Waals surface area contributed by atoms with Crippen LogP contribution in [0, 0.1) is 0 Å². The number of carbonyl (C=O) groups is 3. The average molecular weight is 803 g/mol. The highest BCUT2D eigenvalue weighted by molar-refractivity contribution is 5.71. The van der Waals surface area contributed by atoms with Gasteiger partial charge in [-0.15, -0.1) is 0 Å². The Bertz CT molecular complexity index is 1240. The second-order valence-electron chi connectivity index (χ2n) is 14.6. The topological polar surface area (TPSA) is 78.9 Å². The van der Waals surface area contributed by atoms with Crippen molar-refractivity contribution in [1.82, 2.24) is 0 Å². The molecule has 0 aromatic carbocycles. The highest BCUT2D eigenvalue weighted by Gasteiger charge is 2.19. The number of ether oxygens (including phenoxy) is 3. The van der Waals surface area contributed by atoms with E-state index in [1.165, 1.54) is 51.4 Å². The summed E-state index contributed by atoms with van der Waals surface area (Å²) in [5, 5.41) is 0. The summed E-state index contributed by atoms with van der Waals surface area (Å²) in [5.41, 5.74) is 0. The average Bonchev–Trinajstić information content (AvgIpc) is 3.22. The van der Waals surface area contributed by atoms with E-state index < -0.39 is 12.1 Å². The molecule has 0 saturated carbocycles. The van der Waals surface area contributed by atoms with Gasteiger partial charge in [0.1, 0.15) is 13.2 Å². The normalized spacial score (nSPS) is 13.1. The number of hydrogen-bond donors (Lipinski definition) is 0. The van der Waals surface area contributed by atoms with Gasteiger partial charge in [0.15, 0.2) is 6.10 Å². The van der Waals surface area contributed by atoms with Crippen molar-refractivity contribution in [3.63, 3.8) is 0 Å². The van der Waals surface area contributed by atoms with Crippen molar-refractivity contribution < 1.29 is 28.6 Å². The highest BCUT2D eigenvalue weighted by atomic mass is 16.6. The zero-order valence-electron chi connectivity index (χ0n) is 37.0. The Morgan fingerprint density at radius 1 is 0.379 bits per heavy atom. The van der Waals surface area contributed by atoms with Crippen LogP contribution in [0.15, 0.2) is 109 Å². The number of esters is 3. The summed E-state index contributed by atoms with van der Waals surface area (Å²) in [6.45, 7) is 6.28. The summed E-state index contributed by atoms with van der Waals surface area (Å²) in [6.07, 6.45) is 61.0. The van der Waals surface area contributed by atoms with Crippen LogP contribution in [0.1, 0.15) is 181 Å². The quantitative estimate of drug-likeness (QED) is 0.0202. The smallest absolute Gasteiger partial charge is 0.306 e. The molecule has 0 N–H and O–H groups in total. The molecule has 0 spiro atoms. The Kier molecular flexibility index (Phi) is 42.7. The number of allylic oxidation sites excluding steroid dienone is 18. The summed E-state index contributed by atoms with van der Waals surface area (Å²) >= 11 is 0. The van der Waals surface area contributed by atoms with Crippen molar-refractivity contribution in [2.45, 2.75) is 187 Å². The Morgan fingerprint density at radius 2 is 0.776 bits per heavy atom. The molecule has 1 atom stereocenters. The SMILES string of the molecule is CC/C=C\C/C=C\C/C=C\C/C=C\C/C=C\CCC(=O)OCC(COC(=O)CCCCC/C=C\C=C/CCCC)OC(=O)CC/C=C\C/C=C\CCCCCCCC. The molecule has 6 nitrogen and oxygen atoms in total. The zero-order chi connectivity index (χ0) is 42.3. The van der Waals surface area contributed by atoms with Crippen molar-refractivity contribution in [3.8, 4) is 0 Å². The molecule has 0 aliphatic carbocycles. The van der Waals surface area contributed by atoms with Crippen molar-refractivity contribution in [2.24, 2.45) is 0 Å². The largest absolute Gasteiger partial charge is 0.462 e. The fraction of sp³-hybridized carbons (Fsp3) is 0.596. The Hall–Kier alpha value is -3.93. The Morgan fingerprint density at radius 3 is 1.31 bits per heavy atom. The standard InChI is InChI=1S/C52H82O6/c1-4-7-10-13-16-19-22-24-25-26-28-30-33-36-39-42-45-51(54)57-48-49(47-56-50(53)44-41-38-35-32-29-21-18-15-12-9-6-3)58-52(55)46-43-40-37-34-31-27-23-20-17-14-11-8-5-2/h7,10,15-16,18-19,21,24-25,27-31,36-37,39-40,49H,4-6,8-9,11-14,17,20,22-23,26,32-35,38,41-48H2,1-3H3/b10-7-,18-15-,19-16-,25-24-,29-21-,30-28-,31-27-,39-36-,40-37-. The second-order valence-corrected chi connectivity index (χ2v) is 14.6. The maximum absolute atomic E-state index is 12.7. The summed E-state index contributed by atoms with van der Waals surface area (Å²) in [5.74, 6) is -1.13. The van der Waals surface area contributed by atoms with E-state index in [4.69, 9.17) is 14.2 Å². The lowest BCUT2D eigenvalue weighted by atomic mass is 10.1. The van der Waals surface area contributed by atoms with E-state index in [1.54, 1.807) is 0 Å². The van der Waals surface area contributed by atoms with Gasteiger partial charge in [0.05, 0.1) is 0 Å². The van der Waals surface area contributed by atoms with Gasteiger partial charge in [0.25, 0.3) is 0 Å². The van der Waals surface area contributed by atoms with Crippen LogP contribution in [0.3, 0.4) is 0 Å². The van der Waals surface area contributed by atoms with Gasteiger partial charge in [0, 0.05) is 19.3 Å². The van der Waals surface area contributed by atoms with Crippen LogP contribution >= 0.6 is 0 Å². The van der Waals surface area contributed by atoms with E-state index >= 15 is 0 Å². The number of carbonyl (C=O) groups excluding carboxylic acids is 3. The van der Waals surface area contributed by atoms with E-state index in [0.29, 0.717) is 19.3 Å². The third kappa shape index (κ3) is 43.2. The molecule has 0 aliphatic heterocycles. The Labute approximate surface area is 355 Å². The van der Waals surface area contributed by atoms with Crippen molar-refractivity contribution in [1.29, 1.82) is 0 Å². The lowest BCUT2D eigenvalue weighted by Crippen LogP contribution is -2.30. The van der Waals surface area contributed by atoms with Gasteiger partial charge in [-0.25, -0.2) is 0 Å². The van der Waals surface area contributed by atoms with Crippen molar-refractivity contribution >= 4 is 17.9 Å². The van der Waals surface area contributed by atoms with E-state index in [-0.39, 0.29) is 38.0 Å². The van der Waals surface area contributed by atoms with Crippen LogP contribution < -0.4 is 0 Å². The van der Waals surface area contributed by atoms with E-state index in [9.17, 15) is 14.4 Å². The lowest BCUT2D eigenvalue weighted by Gasteiger charge is -2.18. The molecule has 0 aromatic heterocycles. The molecular formula is C52H82O6. The van der Waals surface area contributed by atoms with Crippen LogP contribution in [0.4, 0.5) is 0 Å². The predicted molar refractivity (Wildman–Crippen MR) is 247 cm³/mol. The first kappa shape index (κ1) is 54.1. The molecule has 0 rings (SSSR count). The van der Waals surface area contributed by atoms with Crippen LogP contribution in [0.5, 0.6) is 0 Å². The van der Waals surface area contributed by atoms with Gasteiger partial charge < -0.3 is 14.2 Å². The Balaban J connectivity index is 4.62. The minimum Gasteiger partial charge on any atom is -0.462 e. The number of hydrogen-bond acceptors (Lipinski definition) is 6. The first-order valence-corrected chi connectivity index (χ1v) is 22.9. The van der Waals surface area contributed by atoms with Gasteiger partial charge in [-0.3, -0.25) is 14.4 Å². The van der Waals surface area contributed by atoms with E-state index in [0.717, 1.165) is 77.0 Å². The van der Waals surface area contributed by atoms with Crippen molar-refractivity contribution in [3.05, 3.63) is 109 Å². The van der Waals surface area contributed by atoms with Gasteiger partial charge in [0.2, 0.25) is 0 Å². The molecular weight excluding hydrogens is 721 g/mol. The molecule has 0 bridgehead atoms. The zero-order valence-corrected chi connectivity index (χ0v) is 37.0. The number of unbranched alkanes of at least 4 members (excludes halogenated alkanes) is 11. The van der Waals surface area contributed by atoms with Gasteiger partial charge >= 0.3 is 17.9 Å². The molecule has 0 saturated heterocycles. The summed E-state index contributed by atoms with van der Waals surface area (Å²) in [7, 11) is 0. The molecule has 0 heterocycles. The van der Waals surface area contributed by atoms with Gasteiger partial charge in [-0.1, -0.05) is 182 Å². The molecule has 6 heteroatoms. The molecule has 0 aromatic rings. The number of rotatable bonds is 39. The van der Waals surface area contributed by atoms with Crippen molar-refractivity contribution in [2.75, 3.05) is 13.2 Å². The minimum absolute atomic E-state index is 0.140. The maximum Gasteiger partial charge on any atom is 0.306 e. The highest BCUT2D eigenvalue weighted by Crippen LogP contribution is 2.10. The summed E-state index contributed by atoms with van der Waals surface area (Å²) in [4.78, 5) is 37.7. The fourth-order valence-corrected chi connectivity index (χ4v) is 5.58. The third-order valence-electron chi connectivity index (χ3n) is 9.04. The third-order valence-corrected chi connectivity index (χ3v) is 9.04. The van der Waals surface area contributed by atoms with Crippen LogP contribution in [-0.2, 0) is 28.6 Å². The van der Waals surface area contributed by atoms with E-state index in [2.05, 4.69) is 112 Å². The second kappa shape index (κ2) is 45.8. The summed E-state index contributed by atoms with van der Waals surface area (Å²) in [6, 6.07) is 0. The molecule has 58 heavy (non-hydrogen) atoms. The monoisotopic (exact) mass is 803 g/mol. The molecule has 0 radical (unpaired) electrons. The minimum atomic E-state index is -0.849. The maximum atomic E-state index is 12.7. The molecule has 0 aliphatic rings. The lowest BCUT2D eigenvalue weighted by molar-refractivity contribution is -0.166. The molecule has 326 valence electrons. The van der Waals surface area contributed by atoms with Crippen LogP contribution in [0.25, 0.3) is 0 Å². The van der Waals surface area contributed by atoms with E-state index in [1.807, 2.05) is 18.2 Å². The molecule has 0 amide bonds. The fourth-order valence-electron chi connectivity index (χ4n) is 5.58. The first-order chi connectivity index (χ1) is 28.5. The molecule has 1 unspecified atom stereocenters. The van der Waals surface area contributed by atoms with Crippen LogP contribution in [0.2, 0.25) is 0 Å². The first-order valence-electron chi connectivity index (χ1n) is 22.9. The predicted octanol–water partition coefficient (Wildman–Crippen LogP) is 14.8.